The average molecular weight is 381 g/mol. The van der Waals surface area contributed by atoms with Gasteiger partial charge < -0.3 is 5.11 Å². The Balaban J connectivity index is 2.13. The lowest BCUT2D eigenvalue weighted by Crippen LogP contribution is -2.00. The first-order chi connectivity index (χ1) is 13.8. The number of aromatic hydroxyl groups is 1. The summed E-state index contributed by atoms with van der Waals surface area (Å²) in [4.78, 5) is 0. The zero-order chi connectivity index (χ0) is 20.0. The van der Waals surface area contributed by atoms with Crippen LogP contribution >= 0.6 is 0 Å². The molecular weight excluding hydrogens is 340 g/mol. The summed E-state index contributed by atoms with van der Waals surface area (Å²) in [6, 6.07) is 14.5. The maximum Gasteiger partial charge on any atom is 0.123 e. The normalized spacial score (nSPS) is 11.1. The van der Waals surface area contributed by atoms with Gasteiger partial charge in [0.25, 0.3) is 0 Å². The van der Waals surface area contributed by atoms with Gasteiger partial charge in [0, 0.05) is 5.56 Å². The van der Waals surface area contributed by atoms with Crippen LogP contribution in [0.5, 0.6) is 5.75 Å². The molecule has 0 aromatic heterocycles. The summed E-state index contributed by atoms with van der Waals surface area (Å²) in [5, 5.41) is 10.7. The SMILES string of the molecule is CCCCCCCCc1c(CCCCCCC)ccc(O)c1-c1ccccc1. The van der Waals surface area contributed by atoms with Crippen molar-refractivity contribution in [2.24, 2.45) is 0 Å². The van der Waals surface area contributed by atoms with E-state index in [9.17, 15) is 5.11 Å². The predicted octanol–water partition coefficient (Wildman–Crippen LogP) is 8.48. The molecule has 0 spiro atoms. The van der Waals surface area contributed by atoms with Crippen LogP contribution in [-0.2, 0) is 12.8 Å². The molecule has 0 unspecified atom stereocenters. The Kier molecular flexibility index (Phi) is 10.8. The Labute approximate surface area is 173 Å². The van der Waals surface area contributed by atoms with Crippen molar-refractivity contribution in [1.82, 2.24) is 0 Å². The lowest BCUT2D eigenvalue weighted by molar-refractivity contribution is 0.476. The van der Waals surface area contributed by atoms with Gasteiger partial charge in [0.15, 0.2) is 0 Å². The second kappa shape index (κ2) is 13.4. The smallest absolute Gasteiger partial charge is 0.123 e. The van der Waals surface area contributed by atoms with Crippen molar-refractivity contribution in [3.63, 3.8) is 0 Å². The number of phenols is 1. The molecular formula is C27H40O. The van der Waals surface area contributed by atoms with Crippen LogP contribution in [0.1, 0.15) is 95.6 Å². The van der Waals surface area contributed by atoms with Gasteiger partial charge in [0.2, 0.25) is 0 Å². The largest absolute Gasteiger partial charge is 0.507 e. The zero-order valence-corrected chi connectivity index (χ0v) is 18.2. The van der Waals surface area contributed by atoms with Gasteiger partial charge in [-0.15, -0.1) is 0 Å². The molecule has 0 atom stereocenters. The lowest BCUT2D eigenvalue weighted by Gasteiger charge is -2.17. The summed E-state index contributed by atoms with van der Waals surface area (Å²) in [5.74, 6) is 0.432. The van der Waals surface area contributed by atoms with Crippen molar-refractivity contribution in [3.05, 3.63) is 53.6 Å². The van der Waals surface area contributed by atoms with Crippen LogP contribution in [0.4, 0.5) is 0 Å². The minimum absolute atomic E-state index is 0.432. The van der Waals surface area contributed by atoms with Crippen LogP contribution in [0, 0.1) is 0 Å². The van der Waals surface area contributed by atoms with Crippen LogP contribution in [0.15, 0.2) is 42.5 Å². The Morgan fingerprint density at radius 1 is 0.607 bits per heavy atom. The number of unbranched alkanes of at least 4 members (excludes halogenated alkanes) is 9. The maximum absolute atomic E-state index is 10.7. The van der Waals surface area contributed by atoms with Gasteiger partial charge in [-0.1, -0.05) is 108 Å². The Morgan fingerprint density at radius 2 is 1.18 bits per heavy atom. The maximum atomic E-state index is 10.7. The van der Waals surface area contributed by atoms with Gasteiger partial charge in [-0.3, -0.25) is 0 Å². The van der Waals surface area contributed by atoms with Crippen molar-refractivity contribution < 1.29 is 5.11 Å². The van der Waals surface area contributed by atoms with E-state index in [1.54, 1.807) is 0 Å². The van der Waals surface area contributed by atoms with E-state index in [1.807, 2.05) is 12.1 Å². The van der Waals surface area contributed by atoms with Gasteiger partial charge in [-0.2, -0.15) is 0 Å². The number of aryl methyl sites for hydroxylation is 1. The average Bonchev–Trinajstić information content (AvgIpc) is 2.72. The highest BCUT2D eigenvalue weighted by molar-refractivity contribution is 5.75. The predicted molar refractivity (Wildman–Crippen MR) is 123 cm³/mol. The summed E-state index contributed by atoms with van der Waals surface area (Å²) < 4.78 is 0. The Morgan fingerprint density at radius 3 is 1.82 bits per heavy atom. The van der Waals surface area contributed by atoms with Crippen molar-refractivity contribution in [2.45, 2.75) is 97.3 Å². The molecule has 1 N–H and O–H groups in total. The summed E-state index contributed by atoms with van der Waals surface area (Å²) in [7, 11) is 0. The highest BCUT2D eigenvalue weighted by Gasteiger charge is 2.14. The summed E-state index contributed by atoms with van der Waals surface area (Å²) >= 11 is 0. The fraction of sp³-hybridized carbons (Fsp3) is 0.556. The second-order valence-corrected chi connectivity index (χ2v) is 8.15. The third kappa shape index (κ3) is 7.34. The summed E-state index contributed by atoms with van der Waals surface area (Å²) in [6.07, 6.45) is 16.6. The molecule has 0 heterocycles. The third-order valence-electron chi connectivity index (χ3n) is 5.78. The van der Waals surface area contributed by atoms with Crippen molar-refractivity contribution in [1.29, 1.82) is 0 Å². The topological polar surface area (TPSA) is 20.2 Å². The molecule has 0 radical (unpaired) electrons. The number of hydrogen-bond donors (Lipinski definition) is 1. The molecule has 1 heteroatoms. The van der Waals surface area contributed by atoms with E-state index in [2.05, 4.69) is 44.2 Å². The first-order valence-electron chi connectivity index (χ1n) is 11.7. The van der Waals surface area contributed by atoms with E-state index >= 15 is 0 Å². The zero-order valence-electron chi connectivity index (χ0n) is 18.2. The van der Waals surface area contributed by atoms with Crippen molar-refractivity contribution in [2.75, 3.05) is 0 Å². The minimum atomic E-state index is 0.432. The van der Waals surface area contributed by atoms with Crippen molar-refractivity contribution >= 4 is 0 Å². The monoisotopic (exact) mass is 380 g/mol. The minimum Gasteiger partial charge on any atom is -0.507 e. The fourth-order valence-electron chi connectivity index (χ4n) is 4.13. The van der Waals surface area contributed by atoms with E-state index in [4.69, 9.17) is 0 Å². The number of phenolic OH excluding ortho intramolecular Hbond substituents is 1. The molecule has 2 aromatic rings. The van der Waals surface area contributed by atoms with Crippen molar-refractivity contribution in [3.8, 4) is 16.9 Å². The van der Waals surface area contributed by atoms with E-state index in [0.717, 1.165) is 24.0 Å². The number of benzene rings is 2. The molecule has 154 valence electrons. The molecule has 1 nitrogen and oxygen atoms in total. The molecule has 0 saturated carbocycles. The fourth-order valence-corrected chi connectivity index (χ4v) is 4.13. The molecule has 28 heavy (non-hydrogen) atoms. The molecule has 2 rings (SSSR count). The van der Waals surface area contributed by atoms with Crippen LogP contribution in [-0.4, -0.2) is 5.11 Å². The van der Waals surface area contributed by atoms with E-state index in [-0.39, 0.29) is 0 Å². The molecule has 2 aromatic carbocycles. The molecule has 0 aliphatic carbocycles. The van der Waals surface area contributed by atoms with Crippen LogP contribution in [0.2, 0.25) is 0 Å². The first kappa shape index (κ1) is 22.5. The standard InChI is InChI=1S/C27H40O/c1-3-5-7-9-11-16-20-25-23(17-13-10-8-6-4-2)21-22-26(28)27(25)24-18-14-12-15-19-24/h12,14-15,18-19,21-22,28H,3-11,13,16-17,20H2,1-2H3. The molecule has 0 aliphatic rings. The van der Waals surface area contributed by atoms with E-state index < -0.39 is 0 Å². The molecule has 0 aliphatic heterocycles. The van der Waals surface area contributed by atoms with Gasteiger partial charge in [-0.05, 0) is 48.4 Å². The third-order valence-corrected chi connectivity index (χ3v) is 5.78. The molecule has 0 fully saturated rings. The van der Waals surface area contributed by atoms with E-state index in [0.29, 0.717) is 5.75 Å². The first-order valence-corrected chi connectivity index (χ1v) is 11.7. The second-order valence-electron chi connectivity index (χ2n) is 8.15. The number of rotatable bonds is 14. The van der Waals surface area contributed by atoms with E-state index in [1.165, 1.54) is 81.8 Å². The van der Waals surface area contributed by atoms with Crippen LogP contribution in [0.25, 0.3) is 11.1 Å². The molecule has 0 saturated heterocycles. The Bertz CT molecular complexity index is 659. The van der Waals surface area contributed by atoms with Crippen LogP contribution in [0.3, 0.4) is 0 Å². The lowest BCUT2D eigenvalue weighted by atomic mass is 9.88. The number of hydrogen-bond acceptors (Lipinski definition) is 1. The quantitative estimate of drug-likeness (QED) is 0.326. The molecule has 0 bridgehead atoms. The highest BCUT2D eigenvalue weighted by Crippen LogP contribution is 2.36. The van der Waals surface area contributed by atoms with Gasteiger partial charge in [-0.25, -0.2) is 0 Å². The Hall–Kier alpha value is -1.76. The molecule has 0 amide bonds. The summed E-state index contributed by atoms with van der Waals surface area (Å²) in [6.45, 7) is 4.54. The van der Waals surface area contributed by atoms with Gasteiger partial charge in [0.1, 0.15) is 5.75 Å². The van der Waals surface area contributed by atoms with Gasteiger partial charge in [0.05, 0.1) is 0 Å². The van der Waals surface area contributed by atoms with Crippen LogP contribution < -0.4 is 0 Å². The summed E-state index contributed by atoms with van der Waals surface area (Å²) in [5.41, 5.74) is 5.05. The van der Waals surface area contributed by atoms with Gasteiger partial charge >= 0.3 is 0 Å². The highest BCUT2D eigenvalue weighted by atomic mass is 16.3.